The summed E-state index contributed by atoms with van der Waals surface area (Å²) >= 11 is 0. The molecule has 0 bridgehead atoms. The molecular formula is C14H19NO4S. The molecule has 1 aromatic carbocycles. The molecule has 0 unspecified atom stereocenters. The molecule has 0 radical (unpaired) electrons. The van der Waals surface area contributed by atoms with Crippen molar-refractivity contribution in [3.05, 3.63) is 42.5 Å². The van der Waals surface area contributed by atoms with E-state index in [-0.39, 0.29) is 6.10 Å². The summed E-state index contributed by atoms with van der Waals surface area (Å²) in [6.45, 7) is 6.97. The highest BCUT2D eigenvalue weighted by atomic mass is 32.2. The number of benzene rings is 1. The van der Waals surface area contributed by atoms with Gasteiger partial charge in [-0.3, -0.25) is 4.90 Å². The van der Waals surface area contributed by atoms with E-state index in [1.807, 2.05) is 18.2 Å². The molecule has 20 heavy (non-hydrogen) atoms. The molecule has 1 aliphatic heterocycles. The predicted molar refractivity (Wildman–Crippen MR) is 77.2 cm³/mol. The minimum absolute atomic E-state index is 0.00372. The first-order valence-corrected chi connectivity index (χ1v) is 8.24. The Bertz CT molecular complexity index is 553. The van der Waals surface area contributed by atoms with Crippen LogP contribution >= 0.6 is 0 Å². The molecule has 0 N–H and O–H groups in total. The fraction of sp³-hybridized carbons (Fsp3) is 0.429. The van der Waals surface area contributed by atoms with Crippen LogP contribution in [0.25, 0.3) is 0 Å². The highest BCUT2D eigenvalue weighted by molar-refractivity contribution is 7.86. The third-order valence-electron chi connectivity index (χ3n) is 3.04. The van der Waals surface area contributed by atoms with E-state index in [0.717, 1.165) is 31.5 Å². The van der Waals surface area contributed by atoms with E-state index >= 15 is 0 Å². The van der Waals surface area contributed by atoms with Crippen LogP contribution in [0.4, 0.5) is 0 Å². The standard InChI is InChI=1S/C14H19NO4S/c1-3-8-15-9-10-18-14(11-15)12-4-6-13(7-5-12)19-20(2,16)17/h3-7,14H,1,8-11H2,2H3/t14-/m1/s1. The maximum Gasteiger partial charge on any atom is 0.306 e. The number of ether oxygens (including phenoxy) is 1. The van der Waals surface area contributed by atoms with Crippen LogP contribution in [0.1, 0.15) is 11.7 Å². The molecular weight excluding hydrogens is 278 g/mol. The lowest BCUT2D eigenvalue weighted by Crippen LogP contribution is -2.38. The van der Waals surface area contributed by atoms with Crippen LogP contribution < -0.4 is 4.18 Å². The Kier molecular flexibility index (Phi) is 4.80. The zero-order chi connectivity index (χ0) is 14.6. The summed E-state index contributed by atoms with van der Waals surface area (Å²) in [5.74, 6) is 0.315. The highest BCUT2D eigenvalue weighted by Gasteiger charge is 2.21. The fourth-order valence-electron chi connectivity index (χ4n) is 2.17. The lowest BCUT2D eigenvalue weighted by Gasteiger charge is -2.32. The van der Waals surface area contributed by atoms with Crippen molar-refractivity contribution < 1.29 is 17.3 Å². The van der Waals surface area contributed by atoms with Gasteiger partial charge in [0.15, 0.2) is 0 Å². The Hall–Kier alpha value is -1.37. The molecule has 1 heterocycles. The fourth-order valence-corrected chi connectivity index (χ4v) is 2.63. The summed E-state index contributed by atoms with van der Waals surface area (Å²) in [4.78, 5) is 2.27. The smallest absolute Gasteiger partial charge is 0.306 e. The third-order valence-corrected chi connectivity index (χ3v) is 3.53. The lowest BCUT2D eigenvalue weighted by molar-refractivity contribution is -0.0260. The Morgan fingerprint density at radius 3 is 2.75 bits per heavy atom. The molecule has 6 heteroatoms. The van der Waals surface area contributed by atoms with Gasteiger partial charge in [-0.05, 0) is 17.7 Å². The van der Waals surface area contributed by atoms with Gasteiger partial charge in [0.05, 0.1) is 19.0 Å². The van der Waals surface area contributed by atoms with Crippen LogP contribution in [0.3, 0.4) is 0 Å². The molecule has 1 saturated heterocycles. The van der Waals surface area contributed by atoms with E-state index in [9.17, 15) is 8.42 Å². The first kappa shape index (κ1) is 15.0. The van der Waals surface area contributed by atoms with Crippen molar-refractivity contribution in [2.24, 2.45) is 0 Å². The summed E-state index contributed by atoms with van der Waals surface area (Å²) in [5.41, 5.74) is 1.01. The molecule has 2 rings (SSSR count). The molecule has 1 atom stereocenters. The van der Waals surface area contributed by atoms with E-state index in [1.54, 1.807) is 12.1 Å². The maximum absolute atomic E-state index is 11.0. The van der Waals surface area contributed by atoms with Crippen LogP contribution in [0.15, 0.2) is 36.9 Å². The highest BCUT2D eigenvalue weighted by Crippen LogP contribution is 2.24. The molecule has 0 amide bonds. The molecule has 0 aliphatic carbocycles. The van der Waals surface area contributed by atoms with E-state index < -0.39 is 10.1 Å². The predicted octanol–water partition coefficient (Wildman–Crippen LogP) is 1.58. The van der Waals surface area contributed by atoms with Crippen molar-refractivity contribution >= 4 is 10.1 Å². The largest absolute Gasteiger partial charge is 0.383 e. The molecule has 0 spiro atoms. The molecule has 0 saturated carbocycles. The van der Waals surface area contributed by atoms with Crippen molar-refractivity contribution in [2.75, 3.05) is 32.5 Å². The van der Waals surface area contributed by atoms with Crippen molar-refractivity contribution in [1.82, 2.24) is 4.90 Å². The molecule has 1 aliphatic rings. The van der Waals surface area contributed by atoms with Crippen LogP contribution in [0.5, 0.6) is 5.75 Å². The first-order chi connectivity index (χ1) is 9.48. The molecule has 5 nitrogen and oxygen atoms in total. The summed E-state index contributed by atoms with van der Waals surface area (Å²) < 4.78 is 32.6. The Morgan fingerprint density at radius 1 is 1.45 bits per heavy atom. The van der Waals surface area contributed by atoms with E-state index in [1.165, 1.54) is 0 Å². The van der Waals surface area contributed by atoms with Gasteiger partial charge in [-0.15, -0.1) is 6.58 Å². The quantitative estimate of drug-likeness (QED) is 0.610. The molecule has 110 valence electrons. The minimum Gasteiger partial charge on any atom is -0.383 e. The van der Waals surface area contributed by atoms with Gasteiger partial charge in [0.1, 0.15) is 5.75 Å². The average Bonchev–Trinajstić information content (AvgIpc) is 2.38. The number of hydrogen-bond acceptors (Lipinski definition) is 5. The van der Waals surface area contributed by atoms with Gasteiger partial charge in [0.25, 0.3) is 0 Å². The number of hydrogen-bond donors (Lipinski definition) is 0. The summed E-state index contributed by atoms with van der Waals surface area (Å²) in [7, 11) is -3.48. The van der Waals surface area contributed by atoms with E-state index in [0.29, 0.717) is 12.4 Å². The number of morpholine rings is 1. The normalized spacial score (nSPS) is 20.6. The Labute approximate surface area is 119 Å². The monoisotopic (exact) mass is 297 g/mol. The molecule has 1 fully saturated rings. The Morgan fingerprint density at radius 2 is 2.15 bits per heavy atom. The summed E-state index contributed by atoms with van der Waals surface area (Å²) in [5, 5.41) is 0. The second kappa shape index (κ2) is 6.39. The van der Waals surface area contributed by atoms with Crippen LogP contribution in [0, 0.1) is 0 Å². The second-order valence-corrected chi connectivity index (χ2v) is 6.34. The van der Waals surface area contributed by atoms with Gasteiger partial charge >= 0.3 is 10.1 Å². The second-order valence-electron chi connectivity index (χ2n) is 4.76. The van der Waals surface area contributed by atoms with Gasteiger partial charge in [-0.25, -0.2) is 0 Å². The van der Waals surface area contributed by atoms with Gasteiger partial charge in [-0.1, -0.05) is 18.2 Å². The van der Waals surface area contributed by atoms with Crippen LogP contribution in [-0.4, -0.2) is 45.8 Å². The van der Waals surface area contributed by atoms with Gasteiger partial charge in [-0.2, -0.15) is 8.42 Å². The van der Waals surface area contributed by atoms with Crippen molar-refractivity contribution in [2.45, 2.75) is 6.10 Å². The first-order valence-electron chi connectivity index (χ1n) is 6.42. The molecule has 1 aromatic rings. The van der Waals surface area contributed by atoms with E-state index in [4.69, 9.17) is 8.92 Å². The zero-order valence-electron chi connectivity index (χ0n) is 11.5. The zero-order valence-corrected chi connectivity index (χ0v) is 12.3. The topological polar surface area (TPSA) is 55.8 Å². The number of rotatable bonds is 5. The van der Waals surface area contributed by atoms with E-state index in [2.05, 4.69) is 11.5 Å². The van der Waals surface area contributed by atoms with Crippen molar-refractivity contribution in [3.63, 3.8) is 0 Å². The van der Waals surface area contributed by atoms with Crippen LogP contribution in [-0.2, 0) is 14.9 Å². The van der Waals surface area contributed by atoms with Crippen LogP contribution in [0.2, 0.25) is 0 Å². The SMILES string of the molecule is C=CCN1CCO[C@@H](c2ccc(OS(C)(=O)=O)cc2)C1. The van der Waals surface area contributed by atoms with Crippen molar-refractivity contribution in [1.29, 1.82) is 0 Å². The number of nitrogens with zero attached hydrogens (tertiary/aromatic N) is 1. The Balaban J connectivity index is 2.04. The average molecular weight is 297 g/mol. The minimum atomic E-state index is -3.48. The third kappa shape index (κ3) is 4.33. The molecule has 0 aromatic heterocycles. The summed E-state index contributed by atoms with van der Waals surface area (Å²) in [6, 6.07) is 6.96. The lowest BCUT2D eigenvalue weighted by atomic mass is 10.1. The van der Waals surface area contributed by atoms with Crippen molar-refractivity contribution in [3.8, 4) is 5.75 Å². The summed E-state index contributed by atoms with van der Waals surface area (Å²) in [6.07, 6.45) is 2.90. The maximum atomic E-state index is 11.0. The van der Waals surface area contributed by atoms with Gasteiger partial charge < -0.3 is 8.92 Å². The van der Waals surface area contributed by atoms with Gasteiger partial charge in [0.2, 0.25) is 0 Å². The van der Waals surface area contributed by atoms with Gasteiger partial charge in [0, 0.05) is 19.6 Å².